The molecule has 0 unspecified atom stereocenters. The van der Waals surface area contributed by atoms with Gasteiger partial charge in [0.15, 0.2) is 0 Å². The molecular weight excluding hydrogens is 334 g/mol. The predicted octanol–water partition coefficient (Wildman–Crippen LogP) is 3.72. The first-order valence-corrected chi connectivity index (χ1v) is 7.78. The Hall–Kier alpha value is -3.67. The van der Waals surface area contributed by atoms with Crippen LogP contribution in [-0.2, 0) is 6.61 Å². The van der Waals surface area contributed by atoms with Gasteiger partial charge in [0.1, 0.15) is 12.4 Å². The number of carboxylic acids is 2. The van der Waals surface area contributed by atoms with E-state index in [0.29, 0.717) is 23.6 Å². The second-order valence-corrected chi connectivity index (χ2v) is 5.52. The monoisotopic (exact) mass is 349 g/mol. The minimum absolute atomic E-state index is 0.299. The molecule has 0 aliphatic rings. The molecule has 1 heterocycles. The number of aromatic carboxylic acids is 2. The number of benzene rings is 2. The van der Waals surface area contributed by atoms with Gasteiger partial charge in [-0.2, -0.15) is 0 Å². The fourth-order valence-corrected chi connectivity index (χ4v) is 2.42. The maximum Gasteiger partial charge on any atom is 0.338 e. The van der Waals surface area contributed by atoms with Crippen LogP contribution in [-0.4, -0.2) is 27.1 Å². The summed E-state index contributed by atoms with van der Waals surface area (Å²) in [6.45, 7) is 0.439. The van der Waals surface area contributed by atoms with E-state index in [4.69, 9.17) is 9.84 Å². The summed E-state index contributed by atoms with van der Waals surface area (Å²) in [7, 11) is 0. The zero-order valence-electron chi connectivity index (χ0n) is 13.6. The Labute approximate surface area is 149 Å². The highest BCUT2D eigenvalue weighted by molar-refractivity contribution is 6.02. The fraction of sp³-hybridized carbons (Fsp3) is 0.0500. The molecule has 0 saturated carbocycles. The zero-order chi connectivity index (χ0) is 18.5. The van der Waals surface area contributed by atoms with Gasteiger partial charge in [-0.15, -0.1) is 0 Å². The first-order valence-electron chi connectivity index (χ1n) is 7.78. The molecule has 0 atom stereocenters. The Morgan fingerprint density at radius 3 is 2.15 bits per heavy atom. The molecule has 0 amide bonds. The Kier molecular flexibility index (Phi) is 4.94. The third kappa shape index (κ3) is 3.87. The minimum Gasteiger partial charge on any atom is -0.489 e. The number of carbonyl (C=O) groups is 2. The first-order chi connectivity index (χ1) is 12.5. The van der Waals surface area contributed by atoms with Crippen LogP contribution in [0.5, 0.6) is 5.75 Å². The number of ether oxygens (including phenoxy) is 1. The first kappa shape index (κ1) is 17.2. The van der Waals surface area contributed by atoms with E-state index in [-0.39, 0.29) is 11.1 Å². The van der Waals surface area contributed by atoms with E-state index in [1.54, 1.807) is 24.3 Å². The van der Waals surface area contributed by atoms with Crippen molar-refractivity contribution < 1.29 is 24.5 Å². The van der Waals surface area contributed by atoms with Crippen molar-refractivity contribution in [2.24, 2.45) is 0 Å². The summed E-state index contributed by atoms with van der Waals surface area (Å²) >= 11 is 0. The number of hydrogen-bond acceptors (Lipinski definition) is 4. The highest BCUT2D eigenvalue weighted by Gasteiger charge is 2.17. The van der Waals surface area contributed by atoms with E-state index < -0.39 is 11.9 Å². The summed E-state index contributed by atoms with van der Waals surface area (Å²) in [6, 6.07) is 18.0. The van der Waals surface area contributed by atoms with E-state index in [1.165, 1.54) is 6.07 Å². The van der Waals surface area contributed by atoms with Crippen molar-refractivity contribution in [2.75, 3.05) is 0 Å². The molecule has 6 heteroatoms. The van der Waals surface area contributed by atoms with Gasteiger partial charge >= 0.3 is 11.9 Å². The molecule has 1 aromatic heterocycles. The minimum atomic E-state index is -1.33. The second-order valence-electron chi connectivity index (χ2n) is 5.52. The Bertz CT molecular complexity index is 936. The standard InChI is InChI=1S/C20H15NO5/c22-19(23)16-10-18(21-11-17(16)20(24)25)14-6-8-15(9-7-14)26-12-13-4-2-1-3-5-13/h1-11H,12H2,(H,22,23)(H,24,25). The zero-order valence-corrected chi connectivity index (χ0v) is 13.6. The normalized spacial score (nSPS) is 10.3. The van der Waals surface area contributed by atoms with Gasteiger partial charge in [-0.05, 0) is 35.9 Å². The largest absolute Gasteiger partial charge is 0.489 e. The number of rotatable bonds is 6. The number of carboxylic acid groups (broad SMARTS) is 2. The third-order valence-corrected chi connectivity index (χ3v) is 3.76. The molecule has 0 aliphatic heterocycles. The lowest BCUT2D eigenvalue weighted by Crippen LogP contribution is -2.09. The molecule has 0 fully saturated rings. The molecule has 0 aliphatic carbocycles. The summed E-state index contributed by atoms with van der Waals surface area (Å²) in [5, 5.41) is 18.2. The average molecular weight is 349 g/mol. The molecule has 3 rings (SSSR count). The van der Waals surface area contributed by atoms with Gasteiger partial charge in [0.05, 0.1) is 16.8 Å². The third-order valence-electron chi connectivity index (χ3n) is 3.76. The van der Waals surface area contributed by atoms with Crippen molar-refractivity contribution in [3.63, 3.8) is 0 Å². The number of aromatic nitrogens is 1. The average Bonchev–Trinajstić information content (AvgIpc) is 2.67. The van der Waals surface area contributed by atoms with Crippen molar-refractivity contribution in [1.82, 2.24) is 4.98 Å². The van der Waals surface area contributed by atoms with E-state index in [2.05, 4.69) is 4.98 Å². The fourth-order valence-electron chi connectivity index (χ4n) is 2.42. The molecule has 130 valence electrons. The van der Waals surface area contributed by atoms with Crippen LogP contribution in [0.25, 0.3) is 11.3 Å². The lowest BCUT2D eigenvalue weighted by molar-refractivity contribution is 0.0651. The molecule has 26 heavy (non-hydrogen) atoms. The van der Waals surface area contributed by atoms with Crippen LogP contribution in [0.3, 0.4) is 0 Å². The molecular formula is C20H15NO5. The smallest absolute Gasteiger partial charge is 0.338 e. The van der Waals surface area contributed by atoms with Crippen LogP contribution in [0.1, 0.15) is 26.3 Å². The molecule has 6 nitrogen and oxygen atoms in total. The van der Waals surface area contributed by atoms with Crippen molar-refractivity contribution in [1.29, 1.82) is 0 Å². The highest BCUT2D eigenvalue weighted by atomic mass is 16.5. The van der Waals surface area contributed by atoms with Crippen molar-refractivity contribution >= 4 is 11.9 Å². The highest BCUT2D eigenvalue weighted by Crippen LogP contribution is 2.23. The van der Waals surface area contributed by atoms with Gasteiger partial charge in [0.25, 0.3) is 0 Å². The second kappa shape index (κ2) is 7.48. The van der Waals surface area contributed by atoms with Crippen LogP contribution in [0, 0.1) is 0 Å². The molecule has 2 N–H and O–H groups in total. The molecule has 0 spiro atoms. The summed E-state index contributed by atoms with van der Waals surface area (Å²) in [4.78, 5) is 26.4. The van der Waals surface area contributed by atoms with Crippen LogP contribution in [0.15, 0.2) is 66.9 Å². The number of nitrogens with zero attached hydrogens (tertiary/aromatic N) is 1. The lowest BCUT2D eigenvalue weighted by atomic mass is 10.1. The van der Waals surface area contributed by atoms with Crippen LogP contribution < -0.4 is 4.74 Å². The van der Waals surface area contributed by atoms with Gasteiger partial charge in [-0.25, -0.2) is 9.59 Å². The summed E-state index contributed by atoms with van der Waals surface area (Å²) in [5.41, 5.74) is 1.45. The van der Waals surface area contributed by atoms with Gasteiger partial charge in [-0.1, -0.05) is 30.3 Å². The quantitative estimate of drug-likeness (QED) is 0.704. The molecule has 3 aromatic rings. The van der Waals surface area contributed by atoms with E-state index >= 15 is 0 Å². The molecule has 2 aromatic carbocycles. The predicted molar refractivity (Wildman–Crippen MR) is 94.4 cm³/mol. The van der Waals surface area contributed by atoms with Crippen molar-refractivity contribution in [3.8, 4) is 17.0 Å². The molecule has 0 bridgehead atoms. The van der Waals surface area contributed by atoms with Gasteiger partial charge in [-0.3, -0.25) is 4.98 Å². The van der Waals surface area contributed by atoms with Crippen LogP contribution in [0.4, 0.5) is 0 Å². The van der Waals surface area contributed by atoms with E-state index in [9.17, 15) is 14.7 Å². The maximum atomic E-state index is 11.3. The lowest BCUT2D eigenvalue weighted by Gasteiger charge is -2.08. The van der Waals surface area contributed by atoms with Crippen LogP contribution >= 0.6 is 0 Å². The number of pyridine rings is 1. The summed E-state index contributed by atoms with van der Waals surface area (Å²) in [6.07, 6.45) is 1.06. The molecule has 0 saturated heterocycles. The van der Waals surface area contributed by atoms with E-state index in [0.717, 1.165) is 11.8 Å². The van der Waals surface area contributed by atoms with Gasteiger partial charge < -0.3 is 14.9 Å². The van der Waals surface area contributed by atoms with Gasteiger partial charge in [0, 0.05) is 11.8 Å². The Morgan fingerprint density at radius 2 is 1.54 bits per heavy atom. The summed E-state index contributed by atoms with van der Waals surface area (Å²) in [5.74, 6) is -1.97. The van der Waals surface area contributed by atoms with E-state index in [1.807, 2.05) is 30.3 Å². The Morgan fingerprint density at radius 1 is 0.885 bits per heavy atom. The van der Waals surface area contributed by atoms with Crippen molar-refractivity contribution in [2.45, 2.75) is 6.61 Å². The van der Waals surface area contributed by atoms with Crippen molar-refractivity contribution in [3.05, 3.63) is 83.6 Å². The topological polar surface area (TPSA) is 96.7 Å². The van der Waals surface area contributed by atoms with Gasteiger partial charge in [0.2, 0.25) is 0 Å². The Balaban J connectivity index is 1.79. The SMILES string of the molecule is O=C(O)c1cnc(-c2ccc(OCc3ccccc3)cc2)cc1C(=O)O. The molecule has 0 radical (unpaired) electrons. The maximum absolute atomic E-state index is 11.3. The number of hydrogen-bond donors (Lipinski definition) is 2. The summed E-state index contributed by atoms with van der Waals surface area (Å²) < 4.78 is 5.70. The van der Waals surface area contributed by atoms with Crippen LogP contribution in [0.2, 0.25) is 0 Å².